The fourth-order valence-corrected chi connectivity index (χ4v) is 2.79. The molecule has 0 aliphatic rings. The molecule has 0 unspecified atom stereocenters. The molecular weight excluding hydrogens is 284 g/mol. The van der Waals surface area contributed by atoms with Crippen molar-refractivity contribution in [3.63, 3.8) is 0 Å². The topological polar surface area (TPSA) is 17.1 Å². The van der Waals surface area contributed by atoms with Crippen molar-refractivity contribution in [3.05, 3.63) is 59.7 Å². The minimum Gasteiger partial charge on any atom is -0.295 e. The van der Waals surface area contributed by atoms with E-state index < -0.39 is 0 Å². The fourth-order valence-electron chi connectivity index (χ4n) is 1.82. The van der Waals surface area contributed by atoms with Gasteiger partial charge in [-0.1, -0.05) is 36.0 Å². The van der Waals surface area contributed by atoms with Gasteiger partial charge in [-0.2, -0.15) is 12.6 Å². The molecule has 20 heavy (non-hydrogen) atoms. The number of rotatable bonds is 4. The van der Waals surface area contributed by atoms with Crippen molar-refractivity contribution >= 4 is 30.2 Å². The maximum atomic E-state index is 11.2. The third-order valence-electron chi connectivity index (χ3n) is 3.06. The molecule has 104 valence electrons. The van der Waals surface area contributed by atoms with E-state index in [0.717, 1.165) is 10.5 Å². The Kier molecular flexibility index (Phi) is 4.61. The molecule has 0 atom stereocenters. The molecule has 0 aromatic heterocycles. The molecule has 2 aromatic rings. The molecule has 1 nitrogen and oxygen atoms in total. The molecule has 0 saturated heterocycles. The summed E-state index contributed by atoms with van der Waals surface area (Å²) in [6.45, 7) is 5.75. The molecule has 0 heterocycles. The standard InChI is InChI=1S/C17H18OS2/c1-12(18)13-4-8-15(9-5-13)20-16-10-6-14(7-11-16)17(2,3)19/h4-11,19H,1-3H3. The van der Waals surface area contributed by atoms with E-state index in [9.17, 15) is 4.79 Å². The zero-order valence-electron chi connectivity index (χ0n) is 11.9. The highest BCUT2D eigenvalue weighted by molar-refractivity contribution is 7.99. The molecule has 2 rings (SSSR count). The average molecular weight is 302 g/mol. The lowest BCUT2D eigenvalue weighted by atomic mass is 10.0. The van der Waals surface area contributed by atoms with Crippen LogP contribution in [0.25, 0.3) is 0 Å². The zero-order chi connectivity index (χ0) is 14.8. The van der Waals surface area contributed by atoms with Crippen molar-refractivity contribution in [3.8, 4) is 0 Å². The van der Waals surface area contributed by atoms with E-state index >= 15 is 0 Å². The molecule has 0 radical (unpaired) electrons. The van der Waals surface area contributed by atoms with Gasteiger partial charge in [-0.25, -0.2) is 0 Å². The summed E-state index contributed by atoms with van der Waals surface area (Å²) in [6, 6.07) is 16.1. The van der Waals surface area contributed by atoms with Crippen LogP contribution in [-0.4, -0.2) is 5.78 Å². The Balaban J connectivity index is 2.12. The average Bonchev–Trinajstić information content (AvgIpc) is 2.39. The zero-order valence-corrected chi connectivity index (χ0v) is 13.6. The monoisotopic (exact) mass is 302 g/mol. The van der Waals surface area contributed by atoms with Crippen LogP contribution < -0.4 is 0 Å². The van der Waals surface area contributed by atoms with Crippen LogP contribution in [0.2, 0.25) is 0 Å². The highest BCUT2D eigenvalue weighted by atomic mass is 32.2. The maximum absolute atomic E-state index is 11.2. The van der Waals surface area contributed by atoms with Crippen LogP contribution in [0.15, 0.2) is 58.3 Å². The summed E-state index contributed by atoms with van der Waals surface area (Å²) in [4.78, 5) is 13.5. The van der Waals surface area contributed by atoms with Gasteiger partial charge in [0.25, 0.3) is 0 Å². The lowest BCUT2D eigenvalue weighted by molar-refractivity contribution is 0.101. The van der Waals surface area contributed by atoms with E-state index in [1.807, 2.05) is 24.3 Å². The summed E-state index contributed by atoms with van der Waals surface area (Å²) < 4.78 is -0.119. The first kappa shape index (κ1) is 15.2. The van der Waals surface area contributed by atoms with E-state index in [0.29, 0.717) is 0 Å². The molecule has 0 amide bonds. The van der Waals surface area contributed by atoms with Gasteiger partial charge in [-0.15, -0.1) is 0 Å². The summed E-state index contributed by atoms with van der Waals surface area (Å²) in [6.07, 6.45) is 0. The second-order valence-electron chi connectivity index (χ2n) is 5.27. The SMILES string of the molecule is CC(=O)c1ccc(Sc2ccc(C(C)(C)S)cc2)cc1. The predicted octanol–water partition coefficient (Wildman–Crippen LogP) is 5.21. The predicted molar refractivity (Wildman–Crippen MR) is 89.0 cm³/mol. The summed E-state index contributed by atoms with van der Waals surface area (Å²) in [5.74, 6) is 0.0990. The number of hydrogen-bond donors (Lipinski definition) is 1. The molecular formula is C17H18OS2. The van der Waals surface area contributed by atoms with Crippen LogP contribution in [0, 0.1) is 0 Å². The third-order valence-corrected chi connectivity index (χ3v) is 4.33. The number of ketones is 1. The summed E-state index contributed by atoms with van der Waals surface area (Å²) >= 11 is 6.26. The second-order valence-corrected chi connectivity index (χ2v) is 7.53. The van der Waals surface area contributed by atoms with E-state index in [2.05, 4.69) is 50.7 Å². The molecule has 3 heteroatoms. The van der Waals surface area contributed by atoms with E-state index in [1.165, 1.54) is 10.5 Å². The Morgan fingerprint density at radius 1 is 0.950 bits per heavy atom. The van der Waals surface area contributed by atoms with Gasteiger partial charge < -0.3 is 0 Å². The Morgan fingerprint density at radius 3 is 1.80 bits per heavy atom. The van der Waals surface area contributed by atoms with Crippen molar-refractivity contribution in [2.75, 3.05) is 0 Å². The maximum Gasteiger partial charge on any atom is 0.159 e. The second kappa shape index (κ2) is 6.06. The van der Waals surface area contributed by atoms with Crippen LogP contribution in [0.1, 0.15) is 36.7 Å². The first-order valence-corrected chi connectivity index (χ1v) is 7.74. The van der Waals surface area contributed by atoms with Gasteiger partial charge in [-0.3, -0.25) is 4.79 Å². The van der Waals surface area contributed by atoms with Gasteiger partial charge in [-0.05, 0) is 50.6 Å². The quantitative estimate of drug-likeness (QED) is 0.617. The minimum absolute atomic E-state index is 0.0990. The minimum atomic E-state index is -0.119. The molecule has 0 aliphatic carbocycles. The van der Waals surface area contributed by atoms with Crippen molar-refractivity contribution in [1.29, 1.82) is 0 Å². The van der Waals surface area contributed by atoms with Gasteiger partial charge in [0.2, 0.25) is 0 Å². The first-order valence-electron chi connectivity index (χ1n) is 6.48. The molecule has 0 fully saturated rings. The smallest absolute Gasteiger partial charge is 0.159 e. The van der Waals surface area contributed by atoms with Crippen LogP contribution in [0.4, 0.5) is 0 Å². The van der Waals surface area contributed by atoms with Gasteiger partial charge in [0.1, 0.15) is 0 Å². The Hall–Kier alpha value is -1.19. The molecule has 0 aliphatic heterocycles. The molecule has 0 saturated carbocycles. The lowest BCUT2D eigenvalue weighted by Gasteiger charge is -2.18. The van der Waals surface area contributed by atoms with Crippen LogP contribution >= 0.6 is 24.4 Å². The number of Topliss-reactive ketones (excluding diaryl/α,β-unsaturated/α-hetero) is 1. The fraction of sp³-hybridized carbons (Fsp3) is 0.235. The van der Waals surface area contributed by atoms with Gasteiger partial charge >= 0.3 is 0 Å². The lowest BCUT2D eigenvalue weighted by Crippen LogP contribution is -2.06. The molecule has 2 aromatic carbocycles. The summed E-state index contributed by atoms with van der Waals surface area (Å²) in [7, 11) is 0. The number of carbonyl (C=O) groups is 1. The van der Waals surface area contributed by atoms with Crippen molar-refractivity contribution in [2.45, 2.75) is 35.3 Å². The molecule has 0 spiro atoms. The van der Waals surface area contributed by atoms with Gasteiger partial charge in [0.05, 0.1) is 0 Å². The van der Waals surface area contributed by atoms with Gasteiger partial charge in [0.15, 0.2) is 5.78 Å². The molecule has 0 N–H and O–H groups in total. The summed E-state index contributed by atoms with van der Waals surface area (Å²) in [5, 5.41) is 0. The number of thiol groups is 1. The highest BCUT2D eigenvalue weighted by Gasteiger charge is 2.14. The Labute approximate surface area is 130 Å². The Morgan fingerprint density at radius 2 is 1.40 bits per heavy atom. The van der Waals surface area contributed by atoms with Crippen LogP contribution in [-0.2, 0) is 4.75 Å². The Bertz CT molecular complexity index is 592. The van der Waals surface area contributed by atoms with Crippen molar-refractivity contribution < 1.29 is 4.79 Å². The van der Waals surface area contributed by atoms with Crippen LogP contribution in [0.5, 0.6) is 0 Å². The van der Waals surface area contributed by atoms with E-state index in [-0.39, 0.29) is 10.5 Å². The van der Waals surface area contributed by atoms with E-state index in [1.54, 1.807) is 18.7 Å². The summed E-state index contributed by atoms with van der Waals surface area (Å²) in [5.41, 5.74) is 1.96. The third kappa shape index (κ3) is 3.90. The number of carbonyl (C=O) groups excluding carboxylic acids is 1. The molecule has 0 bridgehead atoms. The van der Waals surface area contributed by atoms with Gasteiger partial charge in [0, 0.05) is 20.1 Å². The van der Waals surface area contributed by atoms with Crippen LogP contribution in [0.3, 0.4) is 0 Å². The number of hydrogen-bond acceptors (Lipinski definition) is 3. The normalized spacial score (nSPS) is 11.4. The van der Waals surface area contributed by atoms with Crippen molar-refractivity contribution in [2.24, 2.45) is 0 Å². The number of benzene rings is 2. The van der Waals surface area contributed by atoms with E-state index in [4.69, 9.17) is 0 Å². The first-order chi connectivity index (χ1) is 9.36. The highest BCUT2D eigenvalue weighted by Crippen LogP contribution is 2.32. The largest absolute Gasteiger partial charge is 0.295 e. The van der Waals surface area contributed by atoms with Crippen molar-refractivity contribution in [1.82, 2.24) is 0 Å².